The van der Waals surface area contributed by atoms with Gasteiger partial charge in [-0.2, -0.15) is 0 Å². The summed E-state index contributed by atoms with van der Waals surface area (Å²) in [5.41, 5.74) is 0. The van der Waals surface area contributed by atoms with Crippen LogP contribution in [0.4, 0.5) is 0 Å². The van der Waals surface area contributed by atoms with Crippen LogP contribution in [0.25, 0.3) is 0 Å². The zero-order valence-corrected chi connectivity index (χ0v) is 18.7. The lowest BCUT2D eigenvalue weighted by atomic mass is 10.1. The molecule has 2 rings (SSSR count). The van der Waals surface area contributed by atoms with Gasteiger partial charge in [0.25, 0.3) is 0 Å². The second kappa shape index (κ2) is 14.0. The number of unbranched alkanes of at least 4 members (excludes halogenated alkanes) is 7. The van der Waals surface area contributed by atoms with E-state index >= 15 is 0 Å². The largest absolute Gasteiger partial charge is 0.491 e. The summed E-state index contributed by atoms with van der Waals surface area (Å²) in [5, 5.41) is 10.1. The maximum atomic E-state index is 10.1. The van der Waals surface area contributed by atoms with Crippen LogP contribution >= 0.6 is 0 Å². The van der Waals surface area contributed by atoms with Crippen molar-refractivity contribution >= 4 is 0 Å². The van der Waals surface area contributed by atoms with Gasteiger partial charge in [0.05, 0.1) is 6.10 Å². The van der Waals surface area contributed by atoms with Crippen LogP contribution in [0, 0.1) is 7.14 Å². The van der Waals surface area contributed by atoms with Gasteiger partial charge in [-0.1, -0.05) is 76.5 Å². The van der Waals surface area contributed by atoms with Gasteiger partial charge in [0.15, 0.2) is 7.14 Å². The molecule has 0 saturated heterocycles. The highest BCUT2D eigenvalue weighted by molar-refractivity contribution is 5.20. The third-order valence-electron chi connectivity index (χ3n) is 4.60. The SMILES string of the molecule is CCCCCCCCCCC(O)COc1ccc([I+]c2ccccc2)cc1. The molecule has 1 N–H and O–H groups in total. The predicted molar refractivity (Wildman–Crippen MR) is 109 cm³/mol. The number of ether oxygens (including phenoxy) is 1. The molecule has 0 fully saturated rings. The van der Waals surface area contributed by atoms with Crippen molar-refractivity contribution in [3.8, 4) is 5.75 Å². The number of aliphatic hydroxyl groups excluding tert-OH is 1. The molecule has 2 aromatic rings. The average molecular weight is 481 g/mol. The Morgan fingerprint density at radius 3 is 2.04 bits per heavy atom. The highest BCUT2D eigenvalue weighted by atomic mass is 127. The van der Waals surface area contributed by atoms with Crippen molar-refractivity contribution in [3.63, 3.8) is 0 Å². The minimum Gasteiger partial charge on any atom is -0.491 e. The van der Waals surface area contributed by atoms with Gasteiger partial charge in [0.2, 0.25) is 0 Å². The van der Waals surface area contributed by atoms with E-state index < -0.39 is 0 Å². The molecule has 0 heterocycles. The van der Waals surface area contributed by atoms with E-state index in [2.05, 4.69) is 49.4 Å². The average Bonchev–Trinajstić information content (AvgIpc) is 2.70. The van der Waals surface area contributed by atoms with Crippen molar-refractivity contribution < 1.29 is 31.0 Å². The zero-order valence-electron chi connectivity index (χ0n) is 16.6. The number of aliphatic hydroxyl groups is 1. The first-order valence-corrected chi connectivity index (χ1v) is 12.5. The van der Waals surface area contributed by atoms with Crippen LogP contribution in [0.15, 0.2) is 54.6 Å². The molecule has 1 atom stereocenters. The Balaban J connectivity index is 1.56. The fraction of sp³-hybridized carbons (Fsp3) is 0.500. The lowest BCUT2D eigenvalue weighted by Crippen LogP contribution is -3.61. The molecule has 0 amide bonds. The summed E-state index contributed by atoms with van der Waals surface area (Å²) in [4.78, 5) is 0. The molecular formula is C24H34IO2+. The number of hydrogen-bond donors (Lipinski definition) is 1. The topological polar surface area (TPSA) is 29.5 Å². The van der Waals surface area contributed by atoms with Gasteiger partial charge in [0, 0.05) is 0 Å². The minimum atomic E-state index is -0.360. The molecule has 0 aliphatic carbocycles. The molecule has 0 aliphatic rings. The van der Waals surface area contributed by atoms with Crippen LogP contribution in [-0.4, -0.2) is 17.8 Å². The fourth-order valence-electron chi connectivity index (χ4n) is 2.99. The van der Waals surface area contributed by atoms with Crippen molar-refractivity contribution in [1.82, 2.24) is 0 Å². The van der Waals surface area contributed by atoms with Gasteiger partial charge in [-0.15, -0.1) is 0 Å². The Hall–Kier alpha value is -1.07. The summed E-state index contributed by atoms with van der Waals surface area (Å²) in [6.07, 6.45) is 10.8. The number of benzene rings is 2. The van der Waals surface area contributed by atoms with Gasteiger partial charge in [-0.3, -0.25) is 0 Å². The van der Waals surface area contributed by atoms with Crippen LogP contribution in [0.2, 0.25) is 0 Å². The molecule has 0 aliphatic heterocycles. The maximum Gasteiger partial charge on any atom is 0.357 e. The normalized spacial score (nSPS) is 12.1. The Kier molecular flexibility index (Phi) is 11.5. The van der Waals surface area contributed by atoms with Crippen LogP contribution in [0.5, 0.6) is 5.75 Å². The highest BCUT2D eigenvalue weighted by Crippen LogP contribution is 2.12. The Bertz CT molecular complexity index is 598. The first-order valence-electron chi connectivity index (χ1n) is 10.4. The van der Waals surface area contributed by atoms with Gasteiger partial charge >= 0.3 is 21.2 Å². The third-order valence-corrected chi connectivity index (χ3v) is 7.28. The van der Waals surface area contributed by atoms with Crippen molar-refractivity contribution in [1.29, 1.82) is 0 Å². The van der Waals surface area contributed by atoms with E-state index in [9.17, 15) is 5.11 Å². The predicted octanol–water partition coefficient (Wildman–Crippen LogP) is 3.09. The number of hydrogen-bond acceptors (Lipinski definition) is 2. The summed E-state index contributed by atoms with van der Waals surface area (Å²) in [6, 6.07) is 19.0. The van der Waals surface area contributed by atoms with E-state index in [1.165, 1.54) is 52.1 Å². The quantitative estimate of drug-likeness (QED) is 0.332. The second-order valence-corrected chi connectivity index (χ2v) is 10.1. The molecule has 0 saturated carbocycles. The third kappa shape index (κ3) is 10.2. The molecule has 27 heavy (non-hydrogen) atoms. The van der Waals surface area contributed by atoms with Crippen molar-refractivity contribution in [2.45, 2.75) is 70.8 Å². The fourth-order valence-corrected chi connectivity index (χ4v) is 5.20. The van der Waals surface area contributed by atoms with E-state index in [0.717, 1.165) is 18.6 Å². The van der Waals surface area contributed by atoms with Gasteiger partial charge < -0.3 is 9.84 Å². The lowest BCUT2D eigenvalue weighted by molar-refractivity contribution is -0.597. The summed E-state index contributed by atoms with van der Waals surface area (Å²) in [6.45, 7) is 2.65. The van der Waals surface area contributed by atoms with E-state index in [4.69, 9.17) is 4.74 Å². The summed E-state index contributed by atoms with van der Waals surface area (Å²) >= 11 is -0.129. The Labute approximate surface area is 175 Å². The number of rotatable bonds is 14. The Morgan fingerprint density at radius 1 is 0.778 bits per heavy atom. The molecule has 2 aromatic carbocycles. The van der Waals surface area contributed by atoms with Crippen LogP contribution in [0.1, 0.15) is 64.7 Å². The number of halogens is 1. The van der Waals surface area contributed by atoms with Crippen molar-refractivity contribution in [2.75, 3.05) is 6.61 Å². The molecule has 3 heteroatoms. The highest BCUT2D eigenvalue weighted by Gasteiger charge is 2.14. The van der Waals surface area contributed by atoms with Gasteiger partial charge in [-0.05, 0) is 42.8 Å². The maximum absolute atomic E-state index is 10.1. The van der Waals surface area contributed by atoms with Crippen molar-refractivity contribution in [3.05, 3.63) is 61.7 Å². The summed E-state index contributed by atoms with van der Waals surface area (Å²) in [7, 11) is 0. The van der Waals surface area contributed by atoms with E-state index in [1.54, 1.807) is 0 Å². The van der Waals surface area contributed by atoms with Crippen LogP contribution in [0.3, 0.4) is 0 Å². The first-order chi connectivity index (χ1) is 13.3. The van der Waals surface area contributed by atoms with Crippen LogP contribution < -0.4 is 25.9 Å². The molecular weight excluding hydrogens is 447 g/mol. The van der Waals surface area contributed by atoms with Gasteiger partial charge in [0.1, 0.15) is 12.4 Å². The molecule has 0 bridgehead atoms. The van der Waals surface area contributed by atoms with Crippen molar-refractivity contribution in [2.24, 2.45) is 0 Å². The molecule has 0 radical (unpaired) electrons. The minimum absolute atomic E-state index is 0.129. The summed E-state index contributed by atoms with van der Waals surface area (Å²) < 4.78 is 8.56. The van der Waals surface area contributed by atoms with Crippen LogP contribution in [-0.2, 0) is 0 Å². The second-order valence-electron chi connectivity index (χ2n) is 7.07. The van der Waals surface area contributed by atoms with E-state index in [-0.39, 0.29) is 27.3 Å². The standard InChI is InChI=1S/C24H34IO2/c1-2-3-4-5-6-7-8-12-15-23(26)20-27-24-18-16-22(17-19-24)25-21-13-10-9-11-14-21/h9-11,13-14,16-19,23,26H,2-8,12,15,20H2,1H3/q+1. The lowest BCUT2D eigenvalue weighted by Gasteiger charge is -2.12. The molecule has 0 aromatic heterocycles. The smallest absolute Gasteiger partial charge is 0.357 e. The Morgan fingerprint density at radius 2 is 1.37 bits per heavy atom. The summed E-state index contributed by atoms with van der Waals surface area (Å²) in [5.74, 6) is 0.853. The zero-order chi connectivity index (χ0) is 19.2. The van der Waals surface area contributed by atoms with Gasteiger partial charge in [-0.25, -0.2) is 0 Å². The van der Waals surface area contributed by atoms with E-state index in [1.807, 2.05) is 12.1 Å². The van der Waals surface area contributed by atoms with E-state index in [0.29, 0.717) is 6.61 Å². The monoisotopic (exact) mass is 481 g/mol. The first kappa shape index (κ1) is 22.2. The molecule has 148 valence electrons. The molecule has 0 spiro atoms. The molecule has 2 nitrogen and oxygen atoms in total. The molecule has 1 unspecified atom stereocenters.